The SMILES string of the molecule is COc1cc(CC(=O)N2CCN(C/C=C/c3ccccc3)CC2)cc(OC)c1OC. The maximum Gasteiger partial charge on any atom is 0.227 e. The van der Waals surface area contributed by atoms with E-state index in [9.17, 15) is 4.79 Å². The fraction of sp³-hybridized carbons (Fsp3) is 0.375. The maximum atomic E-state index is 12.8. The van der Waals surface area contributed by atoms with E-state index < -0.39 is 0 Å². The summed E-state index contributed by atoms with van der Waals surface area (Å²) in [7, 11) is 4.72. The third kappa shape index (κ3) is 5.54. The van der Waals surface area contributed by atoms with E-state index >= 15 is 0 Å². The Balaban J connectivity index is 1.52. The minimum atomic E-state index is 0.115. The summed E-state index contributed by atoms with van der Waals surface area (Å²) in [6.07, 6.45) is 4.63. The van der Waals surface area contributed by atoms with Crippen LogP contribution in [-0.4, -0.2) is 69.8 Å². The fourth-order valence-corrected chi connectivity index (χ4v) is 3.61. The summed E-state index contributed by atoms with van der Waals surface area (Å²) < 4.78 is 16.1. The van der Waals surface area contributed by atoms with Crippen molar-refractivity contribution in [1.82, 2.24) is 9.80 Å². The van der Waals surface area contributed by atoms with Crippen molar-refractivity contribution in [1.29, 1.82) is 0 Å². The zero-order valence-electron chi connectivity index (χ0n) is 18.0. The smallest absolute Gasteiger partial charge is 0.227 e. The van der Waals surface area contributed by atoms with E-state index in [0.717, 1.165) is 38.3 Å². The predicted molar refractivity (Wildman–Crippen MR) is 118 cm³/mol. The highest BCUT2D eigenvalue weighted by molar-refractivity contribution is 5.79. The molecule has 0 bridgehead atoms. The van der Waals surface area contributed by atoms with Crippen molar-refractivity contribution in [3.63, 3.8) is 0 Å². The number of hydrogen-bond acceptors (Lipinski definition) is 5. The van der Waals surface area contributed by atoms with Crippen LogP contribution in [0.3, 0.4) is 0 Å². The lowest BCUT2D eigenvalue weighted by Crippen LogP contribution is -2.49. The van der Waals surface area contributed by atoms with Crippen LogP contribution in [0.4, 0.5) is 0 Å². The van der Waals surface area contributed by atoms with Gasteiger partial charge in [-0.25, -0.2) is 0 Å². The number of carbonyl (C=O) groups is 1. The molecule has 1 aliphatic rings. The molecule has 1 saturated heterocycles. The van der Waals surface area contributed by atoms with Crippen LogP contribution in [-0.2, 0) is 11.2 Å². The Bertz CT molecular complexity index is 834. The molecule has 0 aromatic heterocycles. The van der Waals surface area contributed by atoms with E-state index in [2.05, 4.69) is 29.2 Å². The second-order valence-corrected chi connectivity index (χ2v) is 7.20. The Morgan fingerprint density at radius 3 is 2.13 bits per heavy atom. The second kappa shape index (κ2) is 10.7. The van der Waals surface area contributed by atoms with Crippen molar-refractivity contribution in [3.05, 3.63) is 59.7 Å². The highest BCUT2D eigenvalue weighted by Gasteiger charge is 2.22. The molecule has 6 heteroatoms. The van der Waals surface area contributed by atoms with E-state index in [-0.39, 0.29) is 5.91 Å². The monoisotopic (exact) mass is 410 g/mol. The van der Waals surface area contributed by atoms with Crippen molar-refractivity contribution in [2.45, 2.75) is 6.42 Å². The molecule has 0 atom stereocenters. The van der Waals surface area contributed by atoms with Gasteiger partial charge in [0.25, 0.3) is 0 Å². The van der Waals surface area contributed by atoms with Crippen molar-refractivity contribution in [2.75, 3.05) is 54.1 Å². The normalized spacial score (nSPS) is 14.7. The molecule has 2 aromatic carbocycles. The fourth-order valence-electron chi connectivity index (χ4n) is 3.61. The molecule has 1 fully saturated rings. The van der Waals surface area contributed by atoms with Gasteiger partial charge in [0.05, 0.1) is 27.8 Å². The Labute approximate surface area is 178 Å². The van der Waals surface area contributed by atoms with Crippen LogP contribution in [0.1, 0.15) is 11.1 Å². The Morgan fingerprint density at radius 1 is 0.933 bits per heavy atom. The third-order valence-corrected chi connectivity index (χ3v) is 5.28. The number of methoxy groups -OCH3 is 3. The van der Waals surface area contributed by atoms with E-state index in [1.165, 1.54) is 5.56 Å². The molecule has 30 heavy (non-hydrogen) atoms. The lowest BCUT2D eigenvalue weighted by Gasteiger charge is -2.34. The first-order chi connectivity index (χ1) is 14.6. The molecule has 0 saturated carbocycles. The lowest BCUT2D eigenvalue weighted by molar-refractivity contribution is -0.132. The zero-order valence-corrected chi connectivity index (χ0v) is 18.0. The number of benzene rings is 2. The quantitative estimate of drug-likeness (QED) is 0.669. The van der Waals surface area contributed by atoms with Crippen LogP contribution >= 0.6 is 0 Å². The highest BCUT2D eigenvalue weighted by Crippen LogP contribution is 2.38. The molecule has 3 rings (SSSR count). The van der Waals surface area contributed by atoms with Crippen LogP contribution in [0.25, 0.3) is 6.08 Å². The molecule has 0 spiro atoms. The summed E-state index contributed by atoms with van der Waals surface area (Å²) in [4.78, 5) is 17.1. The number of piperazine rings is 1. The Morgan fingerprint density at radius 2 is 1.57 bits per heavy atom. The average molecular weight is 411 g/mol. The van der Waals surface area contributed by atoms with Crippen molar-refractivity contribution in [3.8, 4) is 17.2 Å². The maximum absolute atomic E-state index is 12.8. The zero-order chi connectivity index (χ0) is 21.3. The Kier molecular flexibility index (Phi) is 7.74. The van der Waals surface area contributed by atoms with Gasteiger partial charge in [0.15, 0.2) is 11.5 Å². The number of ether oxygens (including phenoxy) is 3. The van der Waals surface area contributed by atoms with Crippen LogP contribution in [0.5, 0.6) is 17.2 Å². The summed E-state index contributed by atoms with van der Waals surface area (Å²) in [6.45, 7) is 4.12. The molecule has 1 amide bonds. The first-order valence-electron chi connectivity index (χ1n) is 10.1. The molecule has 0 unspecified atom stereocenters. The van der Waals surface area contributed by atoms with Crippen LogP contribution in [0, 0.1) is 0 Å². The van der Waals surface area contributed by atoms with Gasteiger partial charge in [-0.3, -0.25) is 9.69 Å². The largest absolute Gasteiger partial charge is 0.493 e. The van der Waals surface area contributed by atoms with Crippen LogP contribution in [0.15, 0.2) is 48.5 Å². The summed E-state index contributed by atoms with van der Waals surface area (Å²) in [5.74, 6) is 1.78. The average Bonchev–Trinajstić information content (AvgIpc) is 2.79. The van der Waals surface area contributed by atoms with Gasteiger partial charge in [-0.15, -0.1) is 0 Å². The summed E-state index contributed by atoms with van der Waals surface area (Å²) in [5, 5.41) is 0. The number of hydrogen-bond donors (Lipinski definition) is 0. The molecule has 160 valence electrons. The molecular weight excluding hydrogens is 380 g/mol. The molecule has 0 aliphatic carbocycles. The van der Waals surface area contributed by atoms with Gasteiger partial charge in [-0.2, -0.15) is 0 Å². The topological polar surface area (TPSA) is 51.2 Å². The minimum absolute atomic E-state index is 0.115. The van der Waals surface area contributed by atoms with Crippen LogP contribution < -0.4 is 14.2 Å². The van der Waals surface area contributed by atoms with Gasteiger partial charge in [0.1, 0.15) is 0 Å². The number of amides is 1. The molecule has 1 aliphatic heterocycles. The first kappa shape index (κ1) is 21.7. The summed E-state index contributed by atoms with van der Waals surface area (Å²) in [5.41, 5.74) is 2.05. The van der Waals surface area contributed by atoms with E-state index in [1.807, 2.05) is 35.2 Å². The minimum Gasteiger partial charge on any atom is -0.493 e. The van der Waals surface area contributed by atoms with Gasteiger partial charge in [-0.1, -0.05) is 42.5 Å². The Hall–Kier alpha value is -2.99. The first-order valence-corrected chi connectivity index (χ1v) is 10.1. The van der Waals surface area contributed by atoms with Crippen LogP contribution in [0.2, 0.25) is 0 Å². The van der Waals surface area contributed by atoms with Gasteiger partial charge >= 0.3 is 0 Å². The molecule has 2 aromatic rings. The third-order valence-electron chi connectivity index (χ3n) is 5.28. The van der Waals surface area contributed by atoms with E-state index in [1.54, 1.807) is 21.3 Å². The van der Waals surface area contributed by atoms with Gasteiger partial charge in [0, 0.05) is 32.7 Å². The second-order valence-electron chi connectivity index (χ2n) is 7.20. The molecule has 0 radical (unpaired) electrons. The molecular formula is C24H30N2O4. The number of carbonyl (C=O) groups excluding carboxylic acids is 1. The molecule has 6 nitrogen and oxygen atoms in total. The predicted octanol–water partition coefficient (Wildman–Crippen LogP) is 3.11. The van der Waals surface area contributed by atoms with Crippen molar-refractivity contribution >= 4 is 12.0 Å². The van der Waals surface area contributed by atoms with Gasteiger partial charge in [-0.05, 0) is 23.3 Å². The van der Waals surface area contributed by atoms with Gasteiger partial charge in [0.2, 0.25) is 11.7 Å². The van der Waals surface area contributed by atoms with Crippen molar-refractivity contribution < 1.29 is 19.0 Å². The highest BCUT2D eigenvalue weighted by atomic mass is 16.5. The number of nitrogens with zero attached hydrogens (tertiary/aromatic N) is 2. The number of rotatable bonds is 8. The van der Waals surface area contributed by atoms with E-state index in [4.69, 9.17) is 14.2 Å². The standard InChI is InChI=1S/C24H30N2O4/c1-28-21-16-20(17-22(29-2)24(21)30-3)18-23(27)26-14-12-25(13-15-26)11-7-10-19-8-5-4-6-9-19/h4-10,16-17H,11-15,18H2,1-3H3/b10-7+. The summed E-state index contributed by atoms with van der Waals surface area (Å²) >= 11 is 0. The van der Waals surface area contributed by atoms with Crippen molar-refractivity contribution in [2.24, 2.45) is 0 Å². The molecule has 1 heterocycles. The lowest BCUT2D eigenvalue weighted by atomic mass is 10.1. The summed E-state index contributed by atoms with van der Waals surface area (Å²) in [6, 6.07) is 14.0. The van der Waals surface area contributed by atoms with E-state index in [0.29, 0.717) is 23.7 Å². The van der Waals surface area contributed by atoms with Gasteiger partial charge < -0.3 is 19.1 Å². The molecule has 0 N–H and O–H groups in total.